The first-order valence-corrected chi connectivity index (χ1v) is 20.1. The van der Waals surface area contributed by atoms with E-state index < -0.39 is 31.4 Å². The number of carbonyl (C=O) groups is 1. The van der Waals surface area contributed by atoms with E-state index in [1.807, 2.05) is 0 Å². The lowest BCUT2D eigenvalue weighted by molar-refractivity contribution is -0.121. The maximum absolute atomic E-state index is 13.9. The molecule has 290 valence electrons. The molecule has 54 heavy (non-hydrogen) atoms. The van der Waals surface area contributed by atoms with E-state index in [-0.39, 0.29) is 49.1 Å². The van der Waals surface area contributed by atoms with Crippen LogP contribution in [0.3, 0.4) is 0 Å². The van der Waals surface area contributed by atoms with Crippen LogP contribution in [0.25, 0.3) is 11.2 Å². The maximum Gasteiger partial charge on any atom is 0.458 e. The van der Waals surface area contributed by atoms with Gasteiger partial charge in [0.1, 0.15) is 5.75 Å². The number of anilines is 1. The Balaban J connectivity index is 1.17. The Morgan fingerprint density at radius 3 is 2.35 bits per heavy atom. The molecule has 1 aliphatic carbocycles. The standard InChI is InChI=1S/C40H54N7O6P/c1-3-4-5-6-7-8-9-10-11-12-13-14-15-16-17-18-22-25-36(49)42-26-27-44-54(51,53-32-23-20-19-21-24-32)52-29-33-31(2)34(28-35(33)48)47-30-43-37-38(47)45-40(41)46-39(37)50/h4-5,7-8,10-11,13-14,16-17,19-21,23-24,30,33-35,48H,2-3,6,9,12,15,18,22,25-29H2,1H3,(H,42,49)(H,44,51)(H3,41,45,46,50)/b5-4-,8-7-,11-10-,14-13-,17-16-/t33-,34?,35-,54?/m0/s1. The number of nitrogen functional groups attached to an aromatic ring is 1. The number of allylic oxidation sites excluding steroid dienone is 10. The number of nitrogens with zero attached hydrogens (tertiary/aromatic N) is 3. The van der Waals surface area contributed by atoms with Gasteiger partial charge in [-0.1, -0.05) is 92.5 Å². The Morgan fingerprint density at radius 1 is 1.04 bits per heavy atom. The normalized spacial score (nSPS) is 19.0. The zero-order valence-electron chi connectivity index (χ0n) is 31.0. The van der Waals surface area contributed by atoms with Crippen LogP contribution in [0.15, 0.2) is 114 Å². The van der Waals surface area contributed by atoms with Crippen LogP contribution in [0.1, 0.15) is 70.8 Å². The van der Waals surface area contributed by atoms with E-state index in [4.69, 9.17) is 14.8 Å². The van der Waals surface area contributed by atoms with Gasteiger partial charge in [-0.05, 0) is 69.1 Å². The molecule has 2 heterocycles. The molecule has 0 aliphatic heterocycles. The quantitative estimate of drug-likeness (QED) is 0.0383. The number of nitrogens with one attached hydrogen (secondary N) is 3. The summed E-state index contributed by atoms with van der Waals surface area (Å²) in [6, 6.07) is 8.15. The summed E-state index contributed by atoms with van der Waals surface area (Å²) in [6.45, 7) is 6.47. The van der Waals surface area contributed by atoms with E-state index in [0.717, 1.165) is 38.5 Å². The van der Waals surface area contributed by atoms with Gasteiger partial charge in [0.05, 0.1) is 25.1 Å². The molecule has 3 aromatic rings. The van der Waals surface area contributed by atoms with Crippen LogP contribution in [-0.2, 0) is 13.9 Å². The highest BCUT2D eigenvalue weighted by Gasteiger charge is 2.40. The fourth-order valence-corrected chi connectivity index (χ4v) is 7.21. The number of H-pyrrole nitrogens is 1. The van der Waals surface area contributed by atoms with Crippen molar-refractivity contribution >= 4 is 30.8 Å². The summed E-state index contributed by atoms with van der Waals surface area (Å²) in [5.74, 6) is -0.440. The zero-order chi connectivity index (χ0) is 38.6. The van der Waals surface area contributed by atoms with Crippen LogP contribution in [-0.4, -0.2) is 56.3 Å². The zero-order valence-corrected chi connectivity index (χ0v) is 31.9. The number of aliphatic hydroxyl groups excluding tert-OH is 1. The third-order valence-corrected chi connectivity index (χ3v) is 10.2. The second kappa shape index (κ2) is 22.4. The number of imidazole rings is 1. The number of hydrogen-bond donors (Lipinski definition) is 5. The van der Waals surface area contributed by atoms with Crippen LogP contribution < -0.4 is 26.2 Å². The van der Waals surface area contributed by atoms with Gasteiger partial charge in [-0.3, -0.25) is 19.1 Å². The first kappa shape index (κ1) is 41.9. The molecule has 1 aromatic carbocycles. The van der Waals surface area contributed by atoms with E-state index in [9.17, 15) is 19.3 Å². The first-order valence-electron chi connectivity index (χ1n) is 18.6. The number of hydrogen-bond acceptors (Lipinski definition) is 9. The average Bonchev–Trinajstić information content (AvgIpc) is 3.70. The van der Waals surface area contributed by atoms with Gasteiger partial charge in [0.25, 0.3) is 5.56 Å². The number of amides is 1. The van der Waals surface area contributed by atoms with Gasteiger partial charge >= 0.3 is 7.75 Å². The summed E-state index contributed by atoms with van der Waals surface area (Å²) in [5, 5.41) is 16.7. The number of para-hydroxylation sites is 1. The highest BCUT2D eigenvalue weighted by atomic mass is 31.2. The molecule has 0 radical (unpaired) electrons. The molecule has 0 bridgehead atoms. The number of fused-ring (bicyclic) bond motifs is 1. The minimum atomic E-state index is -3.96. The summed E-state index contributed by atoms with van der Waals surface area (Å²) >= 11 is 0. The first-order chi connectivity index (χ1) is 26.2. The predicted octanol–water partition coefficient (Wildman–Crippen LogP) is 7.01. The topological polar surface area (TPSA) is 186 Å². The fourth-order valence-electron chi connectivity index (χ4n) is 5.86. The molecule has 4 rings (SSSR count). The van der Waals surface area contributed by atoms with E-state index in [1.54, 1.807) is 34.9 Å². The number of aromatic nitrogens is 4. The lowest BCUT2D eigenvalue weighted by Crippen LogP contribution is -2.32. The monoisotopic (exact) mass is 759 g/mol. The minimum Gasteiger partial charge on any atom is -0.413 e. The molecule has 6 N–H and O–H groups in total. The SMILES string of the molecule is C=C1C(n2cnc3c(=O)[nH]c(N)nc32)C[C@H](O)[C@H]1COP(=O)(NCCNC(=O)CCC/C=C\C/C=C\C/C=C\C/C=C\C/C=C\CC)Oc1ccccc1. The molecule has 1 aliphatic rings. The highest BCUT2D eigenvalue weighted by Crippen LogP contribution is 2.47. The van der Waals surface area contributed by atoms with Crippen LogP contribution >= 0.6 is 7.75 Å². The Bertz CT molecular complexity index is 1900. The summed E-state index contributed by atoms with van der Waals surface area (Å²) in [6.07, 6.45) is 29.1. The molecule has 1 amide bonds. The number of unbranched alkanes of at least 4 members (excludes halogenated alkanes) is 1. The van der Waals surface area contributed by atoms with Crippen molar-refractivity contribution in [2.75, 3.05) is 25.4 Å². The van der Waals surface area contributed by atoms with Crippen molar-refractivity contribution in [1.29, 1.82) is 0 Å². The predicted molar refractivity (Wildman–Crippen MR) is 215 cm³/mol. The third kappa shape index (κ3) is 13.6. The van der Waals surface area contributed by atoms with E-state index >= 15 is 0 Å². The van der Waals surface area contributed by atoms with Gasteiger partial charge in [0.2, 0.25) is 11.9 Å². The Morgan fingerprint density at radius 2 is 1.69 bits per heavy atom. The van der Waals surface area contributed by atoms with Crippen molar-refractivity contribution in [2.45, 2.75) is 76.9 Å². The summed E-state index contributed by atoms with van der Waals surface area (Å²) in [5.41, 5.74) is 6.27. The highest BCUT2D eigenvalue weighted by molar-refractivity contribution is 7.52. The van der Waals surface area contributed by atoms with Gasteiger partial charge < -0.3 is 25.2 Å². The van der Waals surface area contributed by atoms with Crippen molar-refractivity contribution in [1.82, 2.24) is 29.9 Å². The second-order valence-corrected chi connectivity index (χ2v) is 14.6. The van der Waals surface area contributed by atoms with Crippen molar-refractivity contribution in [3.05, 3.63) is 120 Å². The minimum absolute atomic E-state index is 0.0547. The van der Waals surface area contributed by atoms with Crippen LogP contribution in [0, 0.1) is 5.92 Å². The number of carbonyl (C=O) groups excluding carboxylic acids is 1. The molecule has 14 heteroatoms. The lowest BCUT2D eigenvalue weighted by atomic mass is 10.0. The summed E-state index contributed by atoms with van der Waals surface area (Å²) in [4.78, 5) is 35.5. The molecule has 2 aromatic heterocycles. The van der Waals surface area contributed by atoms with Crippen LogP contribution in [0.5, 0.6) is 5.75 Å². The largest absolute Gasteiger partial charge is 0.458 e. The number of aliphatic hydroxyl groups is 1. The molecule has 2 unspecified atom stereocenters. The van der Waals surface area contributed by atoms with Crippen molar-refractivity contribution in [2.24, 2.45) is 5.92 Å². The molecule has 13 nitrogen and oxygen atoms in total. The number of aromatic amines is 1. The summed E-state index contributed by atoms with van der Waals surface area (Å²) in [7, 11) is -3.96. The van der Waals surface area contributed by atoms with Crippen molar-refractivity contribution in [3.63, 3.8) is 0 Å². The Hall–Kier alpha value is -4.81. The van der Waals surface area contributed by atoms with E-state index in [2.05, 4.69) is 99.6 Å². The van der Waals surface area contributed by atoms with Gasteiger partial charge in [-0.2, -0.15) is 4.98 Å². The fraction of sp³-hybridized carbons (Fsp3) is 0.400. The number of benzene rings is 1. The third-order valence-electron chi connectivity index (χ3n) is 8.70. The number of rotatable bonds is 23. The van der Waals surface area contributed by atoms with Gasteiger partial charge in [-0.15, -0.1) is 0 Å². The van der Waals surface area contributed by atoms with Crippen LogP contribution in [0.4, 0.5) is 5.95 Å². The van der Waals surface area contributed by atoms with Crippen molar-refractivity contribution < 1.29 is 23.5 Å². The van der Waals surface area contributed by atoms with Gasteiger partial charge in [0, 0.05) is 25.4 Å². The molecule has 1 fully saturated rings. The van der Waals surface area contributed by atoms with Crippen molar-refractivity contribution in [3.8, 4) is 5.75 Å². The molecule has 0 saturated heterocycles. The van der Waals surface area contributed by atoms with Gasteiger partial charge in [0.15, 0.2) is 11.2 Å². The molecule has 0 spiro atoms. The lowest BCUT2D eigenvalue weighted by Gasteiger charge is -2.23. The average molecular weight is 760 g/mol. The van der Waals surface area contributed by atoms with E-state index in [0.29, 0.717) is 24.2 Å². The smallest absolute Gasteiger partial charge is 0.413 e. The Kier molecular flexibility index (Phi) is 17.4. The van der Waals surface area contributed by atoms with E-state index in [1.165, 1.54) is 6.33 Å². The Labute approximate surface area is 317 Å². The molecule has 4 atom stereocenters. The number of nitrogens with two attached hydrogens (primary N) is 1. The molecular formula is C40H54N7O6P. The molecule has 1 saturated carbocycles. The maximum atomic E-state index is 13.9. The second-order valence-electron chi connectivity index (χ2n) is 12.8. The molecular weight excluding hydrogens is 705 g/mol. The van der Waals surface area contributed by atoms with Gasteiger partial charge in [-0.25, -0.2) is 14.6 Å². The summed E-state index contributed by atoms with van der Waals surface area (Å²) < 4.78 is 27.2. The van der Waals surface area contributed by atoms with Crippen LogP contribution in [0.2, 0.25) is 0 Å².